The van der Waals surface area contributed by atoms with E-state index in [0.717, 1.165) is 0 Å². The number of H-pyrrole nitrogens is 2. The normalized spacial score (nSPS) is 9.94. The van der Waals surface area contributed by atoms with Crippen LogP contribution in [0.25, 0.3) is 0 Å². The molecule has 8 heteroatoms. The summed E-state index contributed by atoms with van der Waals surface area (Å²) in [7, 11) is 1.41. The van der Waals surface area contributed by atoms with Gasteiger partial charge in [0.1, 0.15) is 0 Å². The first-order chi connectivity index (χ1) is 8.19. The molecule has 1 amide bonds. The molecule has 0 unspecified atom stereocenters. The second-order valence-electron chi connectivity index (χ2n) is 3.07. The molecule has 0 atom stereocenters. The summed E-state index contributed by atoms with van der Waals surface area (Å²) in [6.07, 6.45) is 1.31. The van der Waals surface area contributed by atoms with E-state index in [1.165, 1.54) is 25.4 Å². The van der Waals surface area contributed by atoms with Crippen molar-refractivity contribution >= 4 is 11.9 Å². The van der Waals surface area contributed by atoms with E-state index in [1.807, 2.05) is 0 Å². The molecule has 8 nitrogen and oxygen atoms in total. The lowest BCUT2D eigenvalue weighted by molar-refractivity contribution is 0.102. The molecule has 0 aliphatic rings. The Morgan fingerprint density at radius 1 is 1.47 bits per heavy atom. The monoisotopic (exact) mass is 235 g/mol. The Bertz CT molecular complexity index is 568. The van der Waals surface area contributed by atoms with Gasteiger partial charge in [-0.3, -0.25) is 14.9 Å². The van der Waals surface area contributed by atoms with Gasteiger partial charge in [0.05, 0.1) is 12.7 Å². The van der Waals surface area contributed by atoms with E-state index in [1.54, 1.807) is 0 Å². The van der Waals surface area contributed by atoms with Crippen LogP contribution in [0.5, 0.6) is 6.01 Å². The third kappa shape index (κ3) is 2.48. The first kappa shape index (κ1) is 10.9. The van der Waals surface area contributed by atoms with Crippen LogP contribution < -0.4 is 15.6 Å². The summed E-state index contributed by atoms with van der Waals surface area (Å²) in [5.41, 5.74) is 0.0304. The molecular formula is C9H9N5O3. The summed E-state index contributed by atoms with van der Waals surface area (Å²) in [6, 6.07) is 2.79. The van der Waals surface area contributed by atoms with Crippen LogP contribution in [0.15, 0.2) is 23.1 Å². The lowest BCUT2D eigenvalue weighted by Crippen LogP contribution is -2.15. The molecule has 3 N–H and O–H groups in total. The highest BCUT2D eigenvalue weighted by Crippen LogP contribution is 2.06. The number of hydrogen-bond donors (Lipinski definition) is 3. The number of rotatable bonds is 3. The van der Waals surface area contributed by atoms with Crippen molar-refractivity contribution in [2.75, 3.05) is 12.4 Å². The maximum Gasteiger partial charge on any atom is 0.336 e. The highest BCUT2D eigenvalue weighted by atomic mass is 16.5. The fourth-order valence-corrected chi connectivity index (χ4v) is 1.13. The third-order valence-electron chi connectivity index (χ3n) is 1.93. The van der Waals surface area contributed by atoms with Crippen molar-refractivity contribution in [3.8, 4) is 6.01 Å². The Labute approximate surface area is 95.0 Å². The second kappa shape index (κ2) is 4.47. The number of methoxy groups -OCH3 is 1. The van der Waals surface area contributed by atoms with Crippen LogP contribution >= 0.6 is 0 Å². The Kier molecular flexibility index (Phi) is 2.86. The number of amides is 1. The zero-order valence-electron chi connectivity index (χ0n) is 8.85. The quantitative estimate of drug-likeness (QED) is 0.679. The number of aromatic nitrogens is 4. The van der Waals surface area contributed by atoms with Crippen molar-refractivity contribution < 1.29 is 9.53 Å². The van der Waals surface area contributed by atoms with Crippen LogP contribution in [0.4, 0.5) is 5.95 Å². The molecule has 88 valence electrons. The average molecular weight is 235 g/mol. The predicted molar refractivity (Wildman–Crippen MR) is 58.0 cm³/mol. The summed E-state index contributed by atoms with van der Waals surface area (Å²) in [6.45, 7) is 0. The minimum atomic E-state index is -0.417. The molecule has 17 heavy (non-hydrogen) atoms. The zero-order valence-corrected chi connectivity index (χ0v) is 8.85. The summed E-state index contributed by atoms with van der Waals surface area (Å²) in [5, 5.41) is 8.61. The van der Waals surface area contributed by atoms with Crippen molar-refractivity contribution in [2.45, 2.75) is 0 Å². The molecule has 0 fully saturated rings. The molecular weight excluding hydrogens is 226 g/mol. The second-order valence-corrected chi connectivity index (χ2v) is 3.07. The fraction of sp³-hybridized carbons (Fsp3) is 0.111. The number of anilines is 1. The van der Waals surface area contributed by atoms with Gasteiger partial charge in [0.15, 0.2) is 0 Å². The van der Waals surface area contributed by atoms with Gasteiger partial charge in [-0.2, -0.15) is 4.98 Å². The minimum absolute atomic E-state index is 0.127. The SMILES string of the molecule is COc1n[nH]c(NC(=O)c2ccc(=O)[nH]c2)n1. The Morgan fingerprint density at radius 2 is 2.29 bits per heavy atom. The van der Waals surface area contributed by atoms with Crippen molar-refractivity contribution in [3.63, 3.8) is 0 Å². The number of carbonyl (C=O) groups is 1. The van der Waals surface area contributed by atoms with Crippen molar-refractivity contribution in [1.82, 2.24) is 20.2 Å². The molecule has 0 saturated heterocycles. The molecule has 0 saturated carbocycles. The highest BCUT2D eigenvalue weighted by Gasteiger charge is 2.09. The third-order valence-corrected chi connectivity index (χ3v) is 1.93. The van der Waals surface area contributed by atoms with Crippen LogP contribution in [0.1, 0.15) is 10.4 Å². The number of nitrogens with one attached hydrogen (secondary N) is 3. The smallest absolute Gasteiger partial charge is 0.336 e. The number of nitrogens with zero attached hydrogens (tertiary/aromatic N) is 2. The van der Waals surface area contributed by atoms with E-state index in [4.69, 9.17) is 4.74 Å². The van der Waals surface area contributed by atoms with Crippen LogP contribution in [0.2, 0.25) is 0 Å². The molecule has 0 spiro atoms. The summed E-state index contributed by atoms with van der Waals surface area (Å²) in [5.74, 6) is -0.252. The van der Waals surface area contributed by atoms with Crippen molar-refractivity contribution in [1.29, 1.82) is 0 Å². The molecule has 0 aliphatic carbocycles. The highest BCUT2D eigenvalue weighted by molar-refractivity contribution is 6.03. The summed E-state index contributed by atoms with van der Waals surface area (Å²) < 4.78 is 4.75. The molecule has 2 aromatic heterocycles. The molecule has 2 heterocycles. The van der Waals surface area contributed by atoms with Gasteiger partial charge in [0, 0.05) is 12.3 Å². The van der Waals surface area contributed by atoms with E-state index >= 15 is 0 Å². The van der Waals surface area contributed by atoms with Crippen molar-refractivity contribution in [3.05, 3.63) is 34.2 Å². The first-order valence-electron chi connectivity index (χ1n) is 4.65. The van der Waals surface area contributed by atoms with Gasteiger partial charge >= 0.3 is 6.01 Å². The topological polar surface area (TPSA) is 113 Å². The Morgan fingerprint density at radius 3 is 2.88 bits per heavy atom. The van der Waals surface area contributed by atoms with Crippen LogP contribution in [-0.4, -0.2) is 33.2 Å². The van der Waals surface area contributed by atoms with Gasteiger partial charge < -0.3 is 9.72 Å². The lowest BCUT2D eigenvalue weighted by Gasteiger charge is -1.99. The van der Waals surface area contributed by atoms with E-state index in [2.05, 4.69) is 25.5 Å². The first-order valence-corrected chi connectivity index (χ1v) is 4.65. The largest absolute Gasteiger partial charge is 0.466 e. The number of carbonyl (C=O) groups excluding carboxylic acids is 1. The van der Waals surface area contributed by atoms with Crippen molar-refractivity contribution in [2.24, 2.45) is 0 Å². The Hall–Kier alpha value is -2.64. The molecule has 2 rings (SSSR count). The van der Waals surface area contributed by atoms with Gasteiger partial charge in [0.2, 0.25) is 11.5 Å². The van der Waals surface area contributed by atoms with Gasteiger partial charge in [-0.25, -0.2) is 5.10 Å². The lowest BCUT2D eigenvalue weighted by atomic mass is 10.3. The number of ether oxygens (including phenoxy) is 1. The van der Waals surface area contributed by atoms with E-state index < -0.39 is 5.91 Å². The molecule has 0 bridgehead atoms. The molecule has 0 radical (unpaired) electrons. The summed E-state index contributed by atoms with van der Waals surface area (Å²) >= 11 is 0. The maximum atomic E-state index is 11.7. The predicted octanol–water partition coefficient (Wildman–Crippen LogP) is -0.246. The van der Waals surface area contributed by atoms with E-state index in [9.17, 15) is 9.59 Å². The van der Waals surface area contributed by atoms with Gasteiger partial charge in [-0.15, -0.1) is 5.10 Å². The molecule has 0 aromatic carbocycles. The number of pyridine rings is 1. The van der Waals surface area contributed by atoms with Gasteiger partial charge in [-0.05, 0) is 6.07 Å². The maximum absolute atomic E-state index is 11.7. The van der Waals surface area contributed by atoms with Crippen LogP contribution in [-0.2, 0) is 0 Å². The van der Waals surface area contributed by atoms with E-state index in [-0.39, 0.29) is 17.5 Å². The number of hydrogen-bond acceptors (Lipinski definition) is 5. The fourth-order valence-electron chi connectivity index (χ4n) is 1.13. The molecule has 0 aliphatic heterocycles. The number of aromatic amines is 2. The minimum Gasteiger partial charge on any atom is -0.466 e. The van der Waals surface area contributed by atoms with Crippen LogP contribution in [0, 0.1) is 0 Å². The van der Waals surface area contributed by atoms with Gasteiger partial charge in [-0.1, -0.05) is 0 Å². The average Bonchev–Trinajstić information content (AvgIpc) is 2.77. The van der Waals surface area contributed by atoms with Gasteiger partial charge in [0.25, 0.3) is 5.91 Å². The standard InChI is InChI=1S/C9H9N5O3/c1-17-9-12-8(13-14-9)11-7(16)5-2-3-6(15)10-4-5/h2-4H,1H3,(H,10,15)(H2,11,12,13,14,16). The van der Waals surface area contributed by atoms with E-state index in [0.29, 0.717) is 5.56 Å². The summed E-state index contributed by atoms with van der Waals surface area (Å²) in [4.78, 5) is 28.7. The van der Waals surface area contributed by atoms with Crippen LogP contribution in [0.3, 0.4) is 0 Å². The zero-order chi connectivity index (χ0) is 12.3. The molecule has 2 aromatic rings. The Balaban J connectivity index is 2.11.